The van der Waals surface area contributed by atoms with Crippen LogP contribution in [0.3, 0.4) is 0 Å². The highest BCUT2D eigenvalue weighted by molar-refractivity contribution is 7.89. The van der Waals surface area contributed by atoms with E-state index in [9.17, 15) is 17.6 Å². The van der Waals surface area contributed by atoms with E-state index in [1.807, 2.05) is 4.90 Å². The van der Waals surface area contributed by atoms with Crippen molar-refractivity contribution in [2.75, 3.05) is 24.5 Å². The van der Waals surface area contributed by atoms with E-state index in [0.29, 0.717) is 44.5 Å². The summed E-state index contributed by atoms with van der Waals surface area (Å²) in [5.41, 5.74) is 0.0852. The van der Waals surface area contributed by atoms with Gasteiger partial charge in [-0.2, -0.15) is 0 Å². The van der Waals surface area contributed by atoms with Gasteiger partial charge in [0.05, 0.1) is 35.4 Å². The highest BCUT2D eigenvalue weighted by atomic mass is 32.2. The maximum Gasteiger partial charge on any atom is 0.238 e. The number of piperidine rings is 1. The van der Waals surface area contributed by atoms with Gasteiger partial charge in [-0.3, -0.25) is 19.1 Å². The Morgan fingerprint density at radius 1 is 1.26 bits per heavy atom. The number of halogens is 1. The number of aromatic nitrogens is 1. The maximum absolute atomic E-state index is 14.1. The van der Waals surface area contributed by atoms with Crippen molar-refractivity contribution in [1.82, 2.24) is 9.29 Å². The van der Waals surface area contributed by atoms with Crippen molar-refractivity contribution in [2.24, 2.45) is 10.9 Å². The second-order valence-electron chi connectivity index (χ2n) is 8.74. The molecule has 166 valence electrons. The van der Waals surface area contributed by atoms with E-state index in [2.05, 4.69) is 9.98 Å². The minimum atomic E-state index is -3.65. The second kappa shape index (κ2) is 7.67. The average Bonchev–Trinajstić information content (AvgIpc) is 3.14. The zero-order chi connectivity index (χ0) is 21.6. The zero-order valence-corrected chi connectivity index (χ0v) is 17.9. The van der Waals surface area contributed by atoms with Gasteiger partial charge in [0.25, 0.3) is 0 Å². The van der Waals surface area contributed by atoms with Crippen LogP contribution in [0.1, 0.15) is 32.1 Å². The Morgan fingerprint density at radius 3 is 2.77 bits per heavy atom. The van der Waals surface area contributed by atoms with Gasteiger partial charge in [0.15, 0.2) is 5.82 Å². The summed E-state index contributed by atoms with van der Waals surface area (Å²) in [5.74, 6) is -0.632. The Kier molecular flexibility index (Phi) is 5.09. The van der Waals surface area contributed by atoms with Gasteiger partial charge in [0.1, 0.15) is 5.78 Å². The van der Waals surface area contributed by atoms with Gasteiger partial charge in [-0.05, 0) is 31.7 Å². The summed E-state index contributed by atoms with van der Waals surface area (Å²) < 4.78 is 47.8. The molecule has 1 spiro atoms. The fourth-order valence-corrected chi connectivity index (χ4v) is 7.00. The van der Waals surface area contributed by atoms with Crippen molar-refractivity contribution >= 4 is 27.7 Å². The van der Waals surface area contributed by atoms with Crippen LogP contribution in [0.5, 0.6) is 0 Å². The van der Waals surface area contributed by atoms with Gasteiger partial charge in [-0.15, -0.1) is 0 Å². The van der Waals surface area contributed by atoms with Crippen LogP contribution in [0.2, 0.25) is 0 Å². The number of carbonyl (C=O) groups excluding carboxylic acids is 1. The first kappa shape index (κ1) is 20.6. The fraction of sp³-hybridized carbons (Fsp3) is 0.571. The number of sulfonamides is 1. The number of hydrogen-bond acceptors (Lipinski definition) is 7. The van der Waals surface area contributed by atoms with E-state index in [1.54, 1.807) is 12.3 Å². The average molecular weight is 449 g/mol. The number of rotatable bonds is 3. The molecule has 1 aromatic rings. The first-order valence-corrected chi connectivity index (χ1v) is 12.1. The van der Waals surface area contributed by atoms with Gasteiger partial charge in [-0.1, -0.05) is 0 Å². The van der Waals surface area contributed by atoms with Gasteiger partial charge >= 0.3 is 0 Å². The van der Waals surface area contributed by atoms with Crippen LogP contribution >= 0.6 is 0 Å². The van der Waals surface area contributed by atoms with E-state index in [1.165, 1.54) is 29.1 Å². The van der Waals surface area contributed by atoms with Crippen LogP contribution in [0.4, 0.5) is 10.1 Å². The number of nitrogens with zero attached hydrogens (tertiary/aromatic N) is 4. The summed E-state index contributed by atoms with van der Waals surface area (Å²) in [6.45, 7) is 1.42. The minimum Gasteiger partial charge on any atom is -0.371 e. The molecule has 1 saturated carbocycles. The summed E-state index contributed by atoms with van der Waals surface area (Å²) in [5, 5.41) is -0.779. The van der Waals surface area contributed by atoms with Gasteiger partial charge in [-0.25, -0.2) is 12.8 Å². The van der Waals surface area contributed by atoms with Crippen LogP contribution in [0.25, 0.3) is 0 Å². The Morgan fingerprint density at radius 2 is 2.06 bits per heavy atom. The lowest BCUT2D eigenvalue weighted by atomic mass is 9.79. The van der Waals surface area contributed by atoms with E-state index < -0.39 is 20.9 Å². The van der Waals surface area contributed by atoms with E-state index >= 15 is 0 Å². The number of aliphatic imine (C=N–C) groups is 1. The summed E-state index contributed by atoms with van der Waals surface area (Å²) in [7, 11) is -3.65. The monoisotopic (exact) mass is 448 g/mol. The predicted octanol–water partition coefficient (Wildman–Crippen LogP) is 1.88. The molecule has 5 rings (SSSR count). The van der Waals surface area contributed by atoms with Crippen molar-refractivity contribution in [3.8, 4) is 0 Å². The van der Waals surface area contributed by atoms with E-state index in [0.717, 1.165) is 0 Å². The van der Waals surface area contributed by atoms with Crippen molar-refractivity contribution in [3.63, 3.8) is 0 Å². The molecule has 31 heavy (non-hydrogen) atoms. The number of hydrogen-bond donors (Lipinski definition) is 0. The lowest BCUT2D eigenvalue weighted by Gasteiger charge is -2.40. The molecule has 4 heterocycles. The van der Waals surface area contributed by atoms with Gasteiger partial charge in [0, 0.05) is 50.2 Å². The molecule has 3 atom stereocenters. The molecule has 1 aliphatic carbocycles. The molecule has 4 aliphatic rings. The summed E-state index contributed by atoms with van der Waals surface area (Å²) in [6, 6.07) is 1.67. The predicted molar refractivity (Wildman–Crippen MR) is 113 cm³/mol. The lowest BCUT2D eigenvalue weighted by molar-refractivity contribution is -0.128. The molecule has 3 aliphatic heterocycles. The van der Waals surface area contributed by atoms with Crippen LogP contribution in [0, 0.1) is 11.7 Å². The highest BCUT2D eigenvalue weighted by Crippen LogP contribution is 2.47. The molecule has 0 radical (unpaired) electrons. The normalized spacial score (nSPS) is 30.1. The molecular weight excluding hydrogens is 423 g/mol. The number of pyridine rings is 1. The Hall–Kier alpha value is -2.33. The van der Waals surface area contributed by atoms with Crippen LogP contribution < -0.4 is 4.90 Å². The topological polar surface area (TPSA) is 92.2 Å². The lowest BCUT2D eigenvalue weighted by Crippen LogP contribution is -2.46. The number of Topliss-reactive ketones (excluding diaryl/α,β-unsaturated/α-hetero) is 1. The molecule has 10 heteroatoms. The third kappa shape index (κ3) is 3.65. The van der Waals surface area contributed by atoms with E-state index in [4.69, 9.17) is 4.74 Å². The van der Waals surface area contributed by atoms with E-state index in [-0.39, 0.29) is 36.6 Å². The first-order valence-electron chi connectivity index (χ1n) is 10.6. The second-order valence-corrected chi connectivity index (χ2v) is 10.9. The Labute approximate surface area is 180 Å². The van der Waals surface area contributed by atoms with Crippen LogP contribution in [0.15, 0.2) is 35.9 Å². The number of anilines is 1. The third-order valence-corrected chi connectivity index (χ3v) is 9.11. The summed E-state index contributed by atoms with van der Waals surface area (Å²) in [6.07, 6.45) is 9.14. The molecule has 8 nitrogen and oxygen atoms in total. The fourth-order valence-electron chi connectivity index (χ4n) is 5.31. The van der Waals surface area contributed by atoms with Crippen molar-refractivity contribution in [1.29, 1.82) is 0 Å². The smallest absolute Gasteiger partial charge is 0.238 e. The molecule has 0 aromatic carbocycles. The highest BCUT2D eigenvalue weighted by Gasteiger charge is 2.54. The Balaban J connectivity index is 1.27. The first-order chi connectivity index (χ1) is 14.9. The molecule has 0 amide bonds. The number of ether oxygens (including phenoxy) is 1. The van der Waals surface area contributed by atoms with Crippen molar-refractivity contribution in [2.45, 2.75) is 49.1 Å². The zero-order valence-electron chi connectivity index (χ0n) is 17.1. The number of fused-ring (bicyclic) bond motifs is 1. The Bertz CT molecular complexity index is 1040. The number of ketones is 1. The van der Waals surface area contributed by atoms with Gasteiger partial charge < -0.3 is 9.64 Å². The molecule has 2 saturated heterocycles. The molecule has 3 unspecified atom stereocenters. The third-order valence-electron chi connectivity index (χ3n) is 6.98. The molecule has 0 N–H and O–H groups in total. The maximum atomic E-state index is 14.1. The summed E-state index contributed by atoms with van der Waals surface area (Å²) >= 11 is 0. The molecular formula is C21H25FN4O4S. The van der Waals surface area contributed by atoms with Crippen LogP contribution in [-0.4, -0.2) is 66.3 Å². The molecule has 3 fully saturated rings. The SMILES string of the molecule is O=C1CC(S(=O)(=O)N2C=CN=CC2)CC2OC3(CCN(c4ccncc4F)CC3)CC12. The van der Waals surface area contributed by atoms with Crippen molar-refractivity contribution < 1.29 is 22.3 Å². The van der Waals surface area contributed by atoms with Crippen molar-refractivity contribution in [3.05, 3.63) is 36.7 Å². The quantitative estimate of drug-likeness (QED) is 0.701. The molecule has 0 bridgehead atoms. The molecule has 1 aromatic heterocycles. The number of carbonyl (C=O) groups is 1. The van der Waals surface area contributed by atoms with Crippen LogP contribution in [-0.2, 0) is 19.6 Å². The standard InChI is InChI=1S/C21H25FN4O4S/c22-17-14-24-4-1-18(17)25-7-2-21(3-8-25)13-16-19(27)11-15(12-20(16)30-21)31(28,29)26-9-5-23-6-10-26/h1,4-6,9,14-16,20H,2-3,7-8,10-13H2. The minimum absolute atomic E-state index is 0.0266. The largest absolute Gasteiger partial charge is 0.371 e. The summed E-state index contributed by atoms with van der Waals surface area (Å²) in [4.78, 5) is 22.6. The van der Waals surface area contributed by atoms with Gasteiger partial charge in [0.2, 0.25) is 10.0 Å².